The highest BCUT2D eigenvalue weighted by molar-refractivity contribution is 5.85. The maximum atomic E-state index is 10.3. The maximum Gasteiger partial charge on any atom is 0.235 e. The first-order valence-electron chi connectivity index (χ1n) is 7.23. The van der Waals surface area contributed by atoms with Gasteiger partial charge in [0.1, 0.15) is 12.4 Å². The third-order valence-electron chi connectivity index (χ3n) is 3.54. The minimum atomic E-state index is -0.481. The first-order valence-corrected chi connectivity index (χ1v) is 7.23. The SMILES string of the molecule is O=[N+]([O-])/C=C/c1ccc(OCc2cccc3ccccc23)cc1. The van der Waals surface area contributed by atoms with Crippen molar-refractivity contribution in [2.24, 2.45) is 0 Å². The molecule has 0 spiro atoms. The third kappa shape index (κ3) is 3.74. The molecule has 3 aromatic carbocycles. The van der Waals surface area contributed by atoms with E-state index >= 15 is 0 Å². The zero-order valence-electron chi connectivity index (χ0n) is 12.4. The summed E-state index contributed by atoms with van der Waals surface area (Å²) in [4.78, 5) is 9.82. The normalized spacial score (nSPS) is 11.0. The van der Waals surface area contributed by atoms with E-state index in [2.05, 4.69) is 24.3 Å². The monoisotopic (exact) mass is 305 g/mol. The van der Waals surface area contributed by atoms with Gasteiger partial charge in [-0.3, -0.25) is 10.1 Å². The fourth-order valence-corrected chi connectivity index (χ4v) is 2.40. The summed E-state index contributed by atoms with van der Waals surface area (Å²) in [6, 6.07) is 21.5. The average molecular weight is 305 g/mol. The lowest BCUT2D eigenvalue weighted by Gasteiger charge is -2.09. The first-order chi connectivity index (χ1) is 11.2. The Labute approximate surface area is 133 Å². The quantitative estimate of drug-likeness (QED) is 0.508. The second kappa shape index (κ2) is 6.75. The van der Waals surface area contributed by atoms with Gasteiger partial charge in [-0.05, 0) is 34.0 Å². The Morgan fingerprint density at radius 1 is 0.957 bits per heavy atom. The minimum absolute atomic E-state index is 0.478. The van der Waals surface area contributed by atoms with Crippen molar-refractivity contribution in [3.63, 3.8) is 0 Å². The number of ether oxygens (including phenoxy) is 1. The Balaban J connectivity index is 1.71. The van der Waals surface area contributed by atoms with E-state index < -0.39 is 4.92 Å². The summed E-state index contributed by atoms with van der Waals surface area (Å²) in [5.41, 5.74) is 1.89. The zero-order chi connectivity index (χ0) is 16.1. The summed E-state index contributed by atoms with van der Waals surface area (Å²) in [6.07, 6.45) is 2.38. The fraction of sp³-hybridized carbons (Fsp3) is 0.0526. The highest BCUT2D eigenvalue weighted by Crippen LogP contribution is 2.21. The molecule has 0 fully saturated rings. The molecule has 0 aliphatic heterocycles. The van der Waals surface area contributed by atoms with Crippen LogP contribution in [0.5, 0.6) is 5.75 Å². The van der Waals surface area contributed by atoms with Gasteiger partial charge in [-0.2, -0.15) is 0 Å². The van der Waals surface area contributed by atoms with Crippen molar-refractivity contribution in [3.8, 4) is 5.75 Å². The average Bonchev–Trinajstić information content (AvgIpc) is 2.59. The number of hydrogen-bond acceptors (Lipinski definition) is 3. The van der Waals surface area contributed by atoms with Crippen LogP contribution in [0.3, 0.4) is 0 Å². The van der Waals surface area contributed by atoms with Crippen molar-refractivity contribution >= 4 is 16.8 Å². The van der Waals surface area contributed by atoms with Crippen LogP contribution in [0.15, 0.2) is 72.9 Å². The zero-order valence-corrected chi connectivity index (χ0v) is 12.4. The van der Waals surface area contributed by atoms with Gasteiger partial charge in [0.2, 0.25) is 6.20 Å². The molecule has 23 heavy (non-hydrogen) atoms. The Hall–Kier alpha value is -3.14. The Morgan fingerprint density at radius 3 is 2.48 bits per heavy atom. The molecule has 0 saturated heterocycles. The molecule has 0 atom stereocenters. The molecule has 4 nitrogen and oxygen atoms in total. The van der Waals surface area contributed by atoms with Crippen LogP contribution in [-0.2, 0) is 6.61 Å². The van der Waals surface area contributed by atoms with Crippen molar-refractivity contribution in [1.82, 2.24) is 0 Å². The predicted molar refractivity (Wildman–Crippen MR) is 90.8 cm³/mol. The van der Waals surface area contributed by atoms with Gasteiger partial charge in [0, 0.05) is 6.08 Å². The highest BCUT2D eigenvalue weighted by atomic mass is 16.6. The van der Waals surface area contributed by atoms with Gasteiger partial charge < -0.3 is 4.74 Å². The van der Waals surface area contributed by atoms with Crippen LogP contribution in [0, 0.1) is 10.1 Å². The minimum Gasteiger partial charge on any atom is -0.489 e. The van der Waals surface area contributed by atoms with Crippen molar-refractivity contribution in [2.75, 3.05) is 0 Å². The Bertz CT molecular complexity index is 849. The topological polar surface area (TPSA) is 52.4 Å². The van der Waals surface area contributed by atoms with Gasteiger partial charge in [-0.1, -0.05) is 54.6 Å². The molecule has 3 rings (SSSR count). The summed E-state index contributed by atoms with van der Waals surface area (Å²) in [5.74, 6) is 0.733. The van der Waals surface area contributed by atoms with Crippen LogP contribution >= 0.6 is 0 Å². The van der Waals surface area contributed by atoms with E-state index in [4.69, 9.17) is 4.74 Å². The van der Waals surface area contributed by atoms with E-state index in [1.165, 1.54) is 16.8 Å². The standard InChI is InChI=1S/C19H15NO3/c21-20(22)13-12-15-8-10-18(11-9-15)23-14-17-6-3-5-16-4-1-2-7-19(16)17/h1-13H,14H2/b13-12+. The van der Waals surface area contributed by atoms with Gasteiger partial charge in [0.25, 0.3) is 0 Å². The predicted octanol–water partition coefficient (Wildman–Crippen LogP) is 4.67. The number of nitrogens with zero attached hydrogens (tertiary/aromatic N) is 1. The molecule has 0 N–H and O–H groups in total. The summed E-state index contributed by atoms with van der Waals surface area (Å²) in [7, 11) is 0. The molecule has 0 saturated carbocycles. The van der Waals surface area contributed by atoms with Gasteiger partial charge in [0.15, 0.2) is 0 Å². The Morgan fingerprint density at radius 2 is 1.70 bits per heavy atom. The number of fused-ring (bicyclic) bond motifs is 1. The number of rotatable bonds is 5. The molecule has 114 valence electrons. The Kier molecular flexibility index (Phi) is 4.34. The van der Waals surface area contributed by atoms with Crippen molar-refractivity contribution in [2.45, 2.75) is 6.61 Å². The van der Waals surface area contributed by atoms with Crippen LogP contribution in [0.2, 0.25) is 0 Å². The van der Waals surface area contributed by atoms with E-state index in [0.29, 0.717) is 6.61 Å². The van der Waals surface area contributed by atoms with E-state index in [1.54, 1.807) is 12.1 Å². The van der Waals surface area contributed by atoms with Crippen LogP contribution in [0.4, 0.5) is 0 Å². The molecule has 0 unspecified atom stereocenters. The smallest absolute Gasteiger partial charge is 0.235 e. The van der Waals surface area contributed by atoms with Gasteiger partial charge in [0.05, 0.1) is 4.92 Å². The number of hydrogen-bond donors (Lipinski definition) is 0. The third-order valence-corrected chi connectivity index (χ3v) is 3.54. The van der Waals surface area contributed by atoms with Crippen molar-refractivity contribution < 1.29 is 9.66 Å². The molecule has 3 aromatic rings. The molecule has 0 aromatic heterocycles. The van der Waals surface area contributed by atoms with Crippen molar-refractivity contribution in [3.05, 3.63) is 94.2 Å². The number of benzene rings is 3. The molecule has 0 radical (unpaired) electrons. The van der Waals surface area contributed by atoms with Crippen LogP contribution < -0.4 is 4.74 Å². The molecule has 0 amide bonds. The van der Waals surface area contributed by atoms with Crippen LogP contribution in [0.25, 0.3) is 16.8 Å². The largest absolute Gasteiger partial charge is 0.489 e. The highest BCUT2D eigenvalue weighted by Gasteiger charge is 2.01. The van der Waals surface area contributed by atoms with E-state index in [1.807, 2.05) is 30.3 Å². The lowest BCUT2D eigenvalue weighted by molar-refractivity contribution is -0.400. The molecule has 0 bridgehead atoms. The molecule has 4 heteroatoms. The fourth-order valence-electron chi connectivity index (χ4n) is 2.40. The summed E-state index contributed by atoms with van der Waals surface area (Å²) < 4.78 is 5.82. The van der Waals surface area contributed by atoms with Gasteiger partial charge in [-0.25, -0.2) is 0 Å². The van der Waals surface area contributed by atoms with Gasteiger partial charge >= 0.3 is 0 Å². The lowest BCUT2D eigenvalue weighted by atomic mass is 10.1. The summed E-state index contributed by atoms with van der Waals surface area (Å²) in [6.45, 7) is 0.478. The molecule has 0 aliphatic rings. The van der Waals surface area contributed by atoms with E-state index in [9.17, 15) is 10.1 Å². The molecular weight excluding hydrogens is 290 g/mol. The van der Waals surface area contributed by atoms with E-state index in [-0.39, 0.29) is 0 Å². The second-order valence-electron chi connectivity index (χ2n) is 5.10. The maximum absolute atomic E-state index is 10.3. The lowest BCUT2D eigenvalue weighted by Crippen LogP contribution is -1.96. The van der Waals surface area contributed by atoms with Crippen LogP contribution in [0.1, 0.15) is 11.1 Å². The number of nitro groups is 1. The van der Waals surface area contributed by atoms with Crippen LogP contribution in [-0.4, -0.2) is 4.92 Å². The summed E-state index contributed by atoms with van der Waals surface area (Å²) in [5, 5.41) is 12.7. The van der Waals surface area contributed by atoms with E-state index in [0.717, 1.165) is 23.1 Å². The molecular formula is C19H15NO3. The van der Waals surface area contributed by atoms with Crippen molar-refractivity contribution in [1.29, 1.82) is 0 Å². The molecule has 0 heterocycles. The first kappa shape index (κ1) is 14.8. The van der Waals surface area contributed by atoms with Gasteiger partial charge in [-0.15, -0.1) is 0 Å². The molecule has 0 aliphatic carbocycles. The summed E-state index contributed by atoms with van der Waals surface area (Å²) >= 11 is 0. The second-order valence-corrected chi connectivity index (χ2v) is 5.10.